The molecule has 3 aromatic heterocycles. The molecule has 0 fully saturated rings. The van der Waals surface area contributed by atoms with Crippen molar-refractivity contribution in [2.24, 2.45) is 0 Å². The molecule has 0 saturated heterocycles. The van der Waals surface area contributed by atoms with Crippen molar-refractivity contribution in [2.75, 3.05) is 12.4 Å². The van der Waals surface area contributed by atoms with Crippen LogP contribution < -0.4 is 10.1 Å². The number of carbonyl (C=O) groups is 2. The Morgan fingerprint density at radius 2 is 2.17 bits per heavy atom. The van der Waals surface area contributed by atoms with Crippen LogP contribution in [0.1, 0.15) is 32.9 Å². The lowest BCUT2D eigenvalue weighted by Crippen LogP contribution is -2.14. The van der Waals surface area contributed by atoms with Gasteiger partial charge in [0.2, 0.25) is 0 Å². The van der Waals surface area contributed by atoms with Crippen LogP contribution in [0.4, 0.5) is 5.82 Å². The first-order valence-electron chi connectivity index (χ1n) is 8.91. The molecular formula is C20H17N5O4S. The third kappa shape index (κ3) is 4.13. The first kappa shape index (κ1) is 19.5. The average Bonchev–Trinajstić information content (AvgIpc) is 3.49. The number of hydrogen-bond donors (Lipinski definition) is 1. The number of carbonyl (C=O) groups excluding carboxylic acids is 2. The van der Waals surface area contributed by atoms with Crippen molar-refractivity contribution in [1.29, 1.82) is 0 Å². The van der Waals surface area contributed by atoms with E-state index in [0.29, 0.717) is 35.1 Å². The molecule has 4 rings (SSSR count). The van der Waals surface area contributed by atoms with E-state index in [1.54, 1.807) is 53.7 Å². The number of thiazole rings is 1. The van der Waals surface area contributed by atoms with Crippen LogP contribution in [0.2, 0.25) is 0 Å². The van der Waals surface area contributed by atoms with Gasteiger partial charge in [-0.15, -0.1) is 11.3 Å². The zero-order valence-electron chi connectivity index (χ0n) is 16.2. The second kappa shape index (κ2) is 8.29. The van der Waals surface area contributed by atoms with Crippen LogP contribution in [0, 0.1) is 0 Å². The third-order valence-corrected chi connectivity index (χ3v) is 5.04. The molecule has 0 aliphatic rings. The molecule has 0 saturated carbocycles. The van der Waals surface area contributed by atoms with Crippen LogP contribution in [-0.2, 0) is 6.54 Å². The van der Waals surface area contributed by atoms with E-state index in [9.17, 15) is 9.59 Å². The third-order valence-electron chi connectivity index (χ3n) is 4.21. The maximum absolute atomic E-state index is 12.7. The van der Waals surface area contributed by atoms with Gasteiger partial charge in [-0.3, -0.25) is 14.3 Å². The smallest absolute Gasteiger partial charge is 0.279 e. The van der Waals surface area contributed by atoms with E-state index in [2.05, 4.69) is 20.4 Å². The van der Waals surface area contributed by atoms with E-state index < -0.39 is 5.91 Å². The lowest BCUT2D eigenvalue weighted by atomic mass is 10.1. The molecule has 0 bridgehead atoms. The number of aromatic nitrogens is 4. The Hall–Kier alpha value is -3.79. The molecule has 0 unspecified atom stereocenters. The van der Waals surface area contributed by atoms with Gasteiger partial charge in [0.15, 0.2) is 29.4 Å². The summed E-state index contributed by atoms with van der Waals surface area (Å²) in [4.78, 5) is 32.4. The van der Waals surface area contributed by atoms with Crippen LogP contribution in [0.25, 0.3) is 11.3 Å². The molecule has 0 aliphatic carbocycles. The molecule has 4 aromatic rings. The summed E-state index contributed by atoms with van der Waals surface area (Å²) in [6.45, 7) is 1.87. The van der Waals surface area contributed by atoms with Crippen molar-refractivity contribution in [1.82, 2.24) is 19.7 Å². The lowest BCUT2D eigenvalue weighted by Gasteiger charge is -2.04. The van der Waals surface area contributed by atoms with Gasteiger partial charge in [-0.1, -0.05) is 12.1 Å². The molecular weight excluding hydrogens is 406 g/mol. The molecule has 10 heteroatoms. The highest BCUT2D eigenvalue weighted by Crippen LogP contribution is 2.27. The predicted molar refractivity (Wildman–Crippen MR) is 110 cm³/mol. The molecule has 9 nitrogen and oxygen atoms in total. The van der Waals surface area contributed by atoms with Crippen LogP contribution in [0.5, 0.6) is 5.75 Å². The highest BCUT2D eigenvalue weighted by Gasteiger charge is 2.19. The monoisotopic (exact) mass is 423 g/mol. The summed E-state index contributed by atoms with van der Waals surface area (Å²) in [6.07, 6.45) is 2.94. The highest BCUT2D eigenvalue weighted by atomic mass is 32.1. The Labute approximate surface area is 175 Å². The van der Waals surface area contributed by atoms with Crippen LogP contribution in [0.15, 0.2) is 52.7 Å². The summed E-state index contributed by atoms with van der Waals surface area (Å²) in [6, 6.07) is 8.83. The fraction of sp³-hybridized carbons (Fsp3) is 0.150. The van der Waals surface area contributed by atoms with Crippen molar-refractivity contribution >= 4 is 28.8 Å². The molecule has 1 amide bonds. The van der Waals surface area contributed by atoms with E-state index >= 15 is 0 Å². The van der Waals surface area contributed by atoms with Crippen molar-refractivity contribution in [2.45, 2.75) is 13.5 Å². The first-order valence-corrected chi connectivity index (χ1v) is 9.79. The number of nitrogens with zero attached hydrogens (tertiary/aromatic N) is 4. The van der Waals surface area contributed by atoms with Crippen molar-refractivity contribution in [3.63, 3.8) is 0 Å². The van der Waals surface area contributed by atoms with Gasteiger partial charge in [-0.05, 0) is 12.1 Å². The van der Waals surface area contributed by atoms with Gasteiger partial charge in [0.25, 0.3) is 5.91 Å². The Kier molecular flexibility index (Phi) is 5.40. The molecule has 0 radical (unpaired) electrons. The summed E-state index contributed by atoms with van der Waals surface area (Å²) >= 11 is 1.38. The second-order valence-electron chi connectivity index (χ2n) is 6.30. The Morgan fingerprint density at radius 3 is 2.93 bits per heavy atom. The number of amides is 1. The largest absolute Gasteiger partial charge is 0.497 e. The number of methoxy groups -OCH3 is 1. The number of ketones is 1. The molecule has 0 atom stereocenters. The first-order chi connectivity index (χ1) is 14.5. The number of anilines is 1. The van der Waals surface area contributed by atoms with Crippen molar-refractivity contribution in [3.05, 3.63) is 64.7 Å². The highest BCUT2D eigenvalue weighted by molar-refractivity contribution is 7.09. The molecule has 0 aliphatic heterocycles. The minimum absolute atomic E-state index is 0.0784. The quantitative estimate of drug-likeness (QED) is 0.453. The van der Waals surface area contributed by atoms with Gasteiger partial charge in [0, 0.05) is 30.1 Å². The van der Waals surface area contributed by atoms with E-state index in [1.807, 2.05) is 0 Å². The SMILES string of the molecule is COc1cccc(-c2ocnc2C(=O)Nc2ccn(Cc3nc(C(C)=O)cs3)n2)c1. The molecule has 1 aromatic carbocycles. The fourth-order valence-electron chi connectivity index (χ4n) is 2.75. The summed E-state index contributed by atoms with van der Waals surface area (Å²) in [5.41, 5.74) is 1.25. The number of benzene rings is 1. The Balaban J connectivity index is 1.47. The van der Waals surface area contributed by atoms with E-state index in [-0.39, 0.29) is 11.5 Å². The zero-order chi connectivity index (χ0) is 21.1. The van der Waals surface area contributed by atoms with Crippen molar-refractivity contribution in [3.8, 4) is 17.1 Å². The van der Waals surface area contributed by atoms with Crippen LogP contribution in [0.3, 0.4) is 0 Å². The van der Waals surface area contributed by atoms with Crippen molar-refractivity contribution < 1.29 is 18.7 Å². The molecule has 3 heterocycles. The number of nitrogens with one attached hydrogen (secondary N) is 1. The van der Waals surface area contributed by atoms with E-state index in [1.165, 1.54) is 24.7 Å². The minimum Gasteiger partial charge on any atom is -0.497 e. The zero-order valence-corrected chi connectivity index (χ0v) is 17.0. The van der Waals surface area contributed by atoms with Gasteiger partial charge in [0.1, 0.15) is 16.5 Å². The Morgan fingerprint density at radius 1 is 1.30 bits per heavy atom. The second-order valence-corrected chi connectivity index (χ2v) is 7.24. The molecule has 1 N–H and O–H groups in total. The standard InChI is InChI=1S/C20H17N5O4S/c1-12(26)15-10-30-17(22-15)9-25-7-6-16(24-25)23-20(27)18-19(29-11-21-18)13-4-3-5-14(8-13)28-2/h3-8,10-11H,9H2,1-2H3,(H,23,24,27). The normalized spacial score (nSPS) is 10.7. The average molecular weight is 423 g/mol. The van der Waals surface area contributed by atoms with E-state index in [0.717, 1.165) is 5.01 Å². The van der Waals surface area contributed by atoms with Crippen LogP contribution in [-0.4, -0.2) is 38.5 Å². The maximum Gasteiger partial charge on any atom is 0.279 e. The number of ether oxygens (including phenoxy) is 1. The Bertz CT molecular complexity index is 1210. The molecule has 152 valence electrons. The predicted octanol–water partition coefficient (Wildman–Crippen LogP) is 3.51. The number of oxazole rings is 1. The molecule has 0 spiro atoms. The maximum atomic E-state index is 12.7. The summed E-state index contributed by atoms with van der Waals surface area (Å²) in [5, 5.41) is 9.51. The van der Waals surface area contributed by atoms with Gasteiger partial charge in [-0.2, -0.15) is 5.10 Å². The molecule has 30 heavy (non-hydrogen) atoms. The van der Waals surface area contributed by atoms with Gasteiger partial charge in [-0.25, -0.2) is 9.97 Å². The summed E-state index contributed by atoms with van der Waals surface area (Å²) in [5.74, 6) is 0.822. The topological polar surface area (TPSA) is 112 Å². The number of hydrogen-bond acceptors (Lipinski definition) is 8. The van der Waals surface area contributed by atoms with E-state index in [4.69, 9.17) is 9.15 Å². The van der Waals surface area contributed by atoms with Gasteiger partial charge >= 0.3 is 0 Å². The van der Waals surface area contributed by atoms with Crippen LogP contribution >= 0.6 is 11.3 Å². The lowest BCUT2D eigenvalue weighted by molar-refractivity contribution is 0.100. The fourth-order valence-corrected chi connectivity index (χ4v) is 3.58. The summed E-state index contributed by atoms with van der Waals surface area (Å²) in [7, 11) is 1.57. The summed E-state index contributed by atoms with van der Waals surface area (Å²) < 4.78 is 12.3. The number of rotatable bonds is 7. The minimum atomic E-state index is -0.445. The van der Waals surface area contributed by atoms with Gasteiger partial charge < -0.3 is 14.5 Å². The number of Topliss-reactive ketones (excluding diaryl/α,β-unsaturated/α-hetero) is 1. The van der Waals surface area contributed by atoms with Gasteiger partial charge in [0.05, 0.1) is 13.7 Å².